The van der Waals surface area contributed by atoms with Crippen molar-refractivity contribution < 1.29 is 5.11 Å². The number of rotatable bonds is 0. The second-order valence-corrected chi connectivity index (χ2v) is 2.79. The first-order chi connectivity index (χ1) is 4.63. The van der Waals surface area contributed by atoms with Gasteiger partial charge in [0.2, 0.25) is 0 Å². The van der Waals surface area contributed by atoms with Gasteiger partial charge >= 0.3 is 0 Å². The summed E-state index contributed by atoms with van der Waals surface area (Å²) >= 11 is 3.15. The highest BCUT2D eigenvalue weighted by Crippen LogP contribution is 2.18. The Hall–Kier alpha value is -0.770. The minimum atomic E-state index is -0.458. The number of aromatic nitrogens is 1. The SMILES string of the molecule is Cc1c(Br)c[nH]c(=O)c1O. The fourth-order valence-electron chi connectivity index (χ4n) is 0.589. The van der Waals surface area contributed by atoms with Gasteiger partial charge in [-0.15, -0.1) is 0 Å². The zero-order valence-corrected chi connectivity index (χ0v) is 6.90. The Morgan fingerprint density at radius 1 is 1.70 bits per heavy atom. The Labute approximate surface area is 65.8 Å². The van der Waals surface area contributed by atoms with E-state index in [0.717, 1.165) is 0 Å². The van der Waals surface area contributed by atoms with Gasteiger partial charge in [-0.25, -0.2) is 0 Å². The summed E-state index contributed by atoms with van der Waals surface area (Å²) in [7, 11) is 0. The van der Waals surface area contributed by atoms with Gasteiger partial charge in [0.15, 0.2) is 5.75 Å². The van der Waals surface area contributed by atoms with Crippen LogP contribution in [0.25, 0.3) is 0 Å². The molecular formula is C6H6BrNO2. The summed E-state index contributed by atoms with van der Waals surface area (Å²) in [4.78, 5) is 13.0. The van der Waals surface area contributed by atoms with Crippen LogP contribution < -0.4 is 5.56 Å². The average molecular weight is 204 g/mol. The molecule has 1 heterocycles. The summed E-state index contributed by atoms with van der Waals surface area (Å²) in [5, 5.41) is 9.01. The predicted octanol–water partition coefficient (Wildman–Crippen LogP) is 1.15. The highest BCUT2D eigenvalue weighted by Gasteiger charge is 2.02. The topological polar surface area (TPSA) is 53.1 Å². The van der Waals surface area contributed by atoms with Crippen molar-refractivity contribution in [3.63, 3.8) is 0 Å². The minimum absolute atomic E-state index is 0.227. The Kier molecular flexibility index (Phi) is 1.80. The van der Waals surface area contributed by atoms with Gasteiger partial charge in [0.1, 0.15) is 0 Å². The van der Waals surface area contributed by atoms with Crippen molar-refractivity contribution in [2.45, 2.75) is 6.92 Å². The molecule has 0 atom stereocenters. The van der Waals surface area contributed by atoms with Crippen LogP contribution in [0.2, 0.25) is 0 Å². The van der Waals surface area contributed by atoms with Crippen LogP contribution in [-0.4, -0.2) is 10.1 Å². The van der Waals surface area contributed by atoms with E-state index in [1.807, 2.05) is 0 Å². The molecule has 10 heavy (non-hydrogen) atoms. The van der Waals surface area contributed by atoms with E-state index in [1.165, 1.54) is 6.20 Å². The molecule has 0 unspecified atom stereocenters. The molecule has 0 aliphatic carbocycles. The summed E-state index contributed by atoms with van der Waals surface area (Å²) in [6, 6.07) is 0. The third-order valence-corrected chi connectivity index (χ3v) is 2.08. The predicted molar refractivity (Wildman–Crippen MR) is 41.2 cm³/mol. The Bertz CT molecular complexity index is 305. The van der Waals surface area contributed by atoms with Crippen molar-refractivity contribution in [1.82, 2.24) is 4.98 Å². The first-order valence-electron chi connectivity index (χ1n) is 2.69. The smallest absolute Gasteiger partial charge is 0.290 e. The van der Waals surface area contributed by atoms with E-state index in [4.69, 9.17) is 5.11 Å². The molecule has 0 bridgehead atoms. The van der Waals surface area contributed by atoms with E-state index in [2.05, 4.69) is 20.9 Å². The molecule has 54 valence electrons. The number of aromatic amines is 1. The molecule has 0 amide bonds. The van der Waals surface area contributed by atoms with E-state index in [-0.39, 0.29) is 5.75 Å². The fourth-order valence-corrected chi connectivity index (χ4v) is 0.891. The van der Waals surface area contributed by atoms with Gasteiger partial charge in [0.25, 0.3) is 5.56 Å². The summed E-state index contributed by atoms with van der Waals surface area (Å²) in [5.74, 6) is -0.227. The molecule has 0 saturated carbocycles. The molecule has 0 radical (unpaired) electrons. The lowest BCUT2D eigenvalue weighted by molar-refractivity contribution is 0.461. The normalized spacial score (nSPS) is 9.80. The van der Waals surface area contributed by atoms with Crippen LogP contribution in [0.3, 0.4) is 0 Å². The highest BCUT2D eigenvalue weighted by molar-refractivity contribution is 9.10. The lowest BCUT2D eigenvalue weighted by Gasteiger charge is -1.97. The number of nitrogens with one attached hydrogen (secondary N) is 1. The Morgan fingerprint density at radius 3 is 2.80 bits per heavy atom. The lowest BCUT2D eigenvalue weighted by Crippen LogP contribution is -2.05. The second-order valence-electron chi connectivity index (χ2n) is 1.94. The zero-order valence-electron chi connectivity index (χ0n) is 5.31. The number of pyridine rings is 1. The molecule has 0 aromatic carbocycles. The monoisotopic (exact) mass is 203 g/mol. The molecule has 1 aromatic rings. The number of H-pyrrole nitrogens is 1. The number of hydrogen-bond acceptors (Lipinski definition) is 2. The van der Waals surface area contributed by atoms with Crippen molar-refractivity contribution in [2.75, 3.05) is 0 Å². The molecule has 1 rings (SSSR count). The van der Waals surface area contributed by atoms with Gasteiger partial charge in [-0.3, -0.25) is 4.79 Å². The summed E-state index contributed by atoms with van der Waals surface area (Å²) in [5.41, 5.74) is 0.101. The standard InChI is InChI=1S/C6H6BrNO2/c1-3-4(7)2-8-6(10)5(3)9/h2,9H,1H3,(H,8,10). The van der Waals surface area contributed by atoms with Crippen LogP contribution in [0.5, 0.6) is 5.75 Å². The molecular weight excluding hydrogens is 198 g/mol. The Balaban J connectivity index is 3.49. The molecule has 1 aromatic heterocycles. The highest BCUT2D eigenvalue weighted by atomic mass is 79.9. The molecule has 3 nitrogen and oxygen atoms in total. The first-order valence-corrected chi connectivity index (χ1v) is 3.49. The van der Waals surface area contributed by atoms with E-state index < -0.39 is 5.56 Å². The van der Waals surface area contributed by atoms with Crippen molar-refractivity contribution in [2.24, 2.45) is 0 Å². The van der Waals surface area contributed by atoms with Crippen LogP contribution in [-0.2, 0) is 0 Å². The van der Waals surface area contributed by atoms with Crippen molar-refractivity contribution >= 4 is 15.9 Å². The van der Waals surface area contributed by atoms with Crippen LogP contribution in [0, 0.1) is 6.92 Å². The third-order valence-electron chi connectivity index (χ3n) is 1.26. The summed E-state index contributed by atoms with van der Waals surface area (Å²) in [6.45, 7) is 1.66. The molecule has 0 spiro atoms. The zero-order chi connectivity index (χ0) is 7.72. The first kappa shape index (κ1) is 7.34. The van der Waals surface area contributed by atoms with E-state index in [1.54, 1.807) is 6.92 Å². The van der Waals surface area contributed by atoms with Crippen LogP contribution >= 0.6 is 15.9 Å². The molecule has 4 heteroatoms. The van der Waals surface area contributed by atoms with Gasteiger partial charge in [0.05, 0.1) is 0 Å². The minimum Gasteiger partial charge on any atom is -0.503 e. The largest absolute Gasteiger partial charge is 0.503 e. The van der Waals surface area contributed by atoms with E-state index in [9.17, 15) is 4.79 Å². The van der Waals surface area contributed by atoms with E-state index >= 15 is 0 Å². The maximum atomic E-state index is 10.7. The third kappa shape index (κ3) is 1.07. The van der Waals surface area contributed by atoms with Crippen molar-refractivity contribution in [1.29, 1.82) is 0 Å². The number of aromatic hydroxyl groups is 1. The van der Waals surface area contributed by atoms with E-state index in [0.29, 0.717) is 10.0 Å². The quantitative estimate of drug-likeness (QED) is 0.665. The van der Waals surface area contributed by atoms with Gasteiger partial charge in [-0.1, -0.05) is 0 Å². The molecule has 0 saturated heterocycles. The van der Waals surface area contributed by atoms with Gasteiger partial charge in [-0.05, 0) is 22.9 Å². The summed E-state index contributed by atoms with van der Waals surface area (Å²) < 4.78 is 0.699. The number of hydrogen-bond donors (Lipinski definition) is 2. The lowest BCUT2D eigenvalue weighted by atomic mass is 10.3. The molecule has 0 aliphatic heterocycles. The Morgan fingerprint density at radius 2 is 2.30 bits per heavy atom. The maximum Gasteiger partial charge on any atom is 0.290 e. The fraction of sp³-hybridized carbons (Fsp3) is 0.167. The van der Waals surface area contributed by atoms with Gasteiger partial charge in [0, 0.05) is 16.2 Å². The summed E-state index contributed by atoms with van der Waals surface area (Å²) in [6.07, 6.45) is 1.50. The van der Waals surface area contributed by atoms with Crippen molar-refractivity contribution in [3.05, 3.63) is 26.6 Å². The van der Waals surface area contributed by atoms with Gasteiger partial charge in [-0.2, -0.15) is 0 Å². The van der Waals surface area contributed by atoms with Crippen molar-refractivity contribution in [3.8, 4) is 5.75 Å². The molecule has 0 aliphatic rings. The molecule has 0 fully saturated rings. The van der Waals surface area contributed by atoms with Crippen LogP contribution in [0.4, 0.5) is 0 Å². The van der Waals surface area contributed by atoms with Crippen LogP contribution in [0.1, 0.15) is 5.56 Å². The maximum absolute atomic E-state index is 10.7. The average Bonchev–Trinajstić information content (AvgIpc) is 1.93. The molecule has 2 N–H and O–H groups in total. The van der Waals surface area contributed by atoms with Crippen LogP contribution in [0.15, 0.2) is 15.5 Å². The number of halogens is 1. The van der Waals surface area contributed by atoms with Gasteiger partial charge < -0.3 is 10.1 Å². The second kappa shape index (κ2) is 2.46.